The average Bonchev–Trinajstić information content (AvgIpc) is 4.34. The summed E-state index contributed by atoms with van der Waals surface area (Å²) in [6, 6.07) is 0. The van der Waals surface area contributed by atoms with Gasteiger partial charge < -0.3 is 0 Å². The third-order valence-corrected chi connectivity index (χ3v) is 29.1. The first kappa shape index (κ1) is 75.7. The largest absolute Gasteiger partial charge is 0.0625 e. The van der Waals surface area contributed by atoms with Crippen molar-refractivity contribution in [3.8, 4) is 0 Å². The molecule has 0 amide bonds. The van der Waals surface area contributed by atoms with Gasteiger partial charge in [-0.05, 0) is 274 Å². The zero-order valence-corrected chi connectivity index (χ0v) is 63.2. The second-order valence-corrected chi connectivity index (χ2v) is 40.5. The highest BCUT2D eigenvalue weighted by atomic mass is 14.5. The topological polar surface area (TPSA) is 0 Å². The first-order valence-electron chi connectivity index (χ1n) is 39.4. The van der Waals surface area contributed by atoms with E-state index in [1.807, 2.05) is 0 Å². The van der Waals surface area contributed by atoms with Crippen LogP contribution in [0.2, 0.25) is 0 Å². The first-order valence-corrected chi connectivity index (χ1v) is 39.4. The molecule has 0 spiro atoms. The highest BCUT2D eigenvalue weighted by Gasteiger charge is 2.47. The molecule has 85 heavy (non-hydrogen) atoms. The molecule has 0 aromatic rings. The van der Waals surface area contributed by atoms with E-state index < -0.39 is 0 Å². The molecule has 0 saturated heterocycles. The minimum atomic E-state index is 0.507. The number of hydrogen-bond donors (Lipinski definition) is 0. The lowest BCUT2D eigenvalue weighted by Crippen LogP contribution is -2.38. The van der Waals surface area contributed by atoms with Crippen molar-refractivity contribution < 1.29 is 0 Å². The molecule has 15 aliphatic rings. The SMILES string of the molecule is CC(C)(C)C1(C)CC1.CC(C)(C)C1(C)CCCCC1.CC1(C)CC1.CC1(C)CCCCC1.CC1(C2CCCCC2)CCCCC1.CC12CCC(CC1)C2.CC1C(C)(C)CCCC1(C)C.CC1CC1.CC1CC2CCC1C2.CC1CC2CCC1CC2. The van der Waals surface area contributed by atoms with Gasteiger partial charge in [0, 0.05) is 0 Å². The van der Waals surface area contributed by atoms with E-state index in [0.29, 0.717) is 37.9 Å². The molecule has 4 unspecified atom stereocenters. The molecule has 0 N–H and O–H groups in total. The maximum Gasteiger partial charge on any atom is -0.0277 e. The third-order valence-electron chi connectivity index (χ3n) is 29.1. The molecule has 0 aromatic heterocycles. The van der Waals surface area contributed by atoms with Crippen LogP contribution >= 0.6 is 0 Å². The van der Waals surface area contributed by atoms with Gasteiger partial charge in [-0.1, -0.05) is 268 Å². The Balaban J connectivity index is 0.000000175. The van der Waals surface area contributed by atoms with Crippen LogP contribution in [-0.2, 0) is 0 Å². The smallest absolute Gasteiger partial charge is 0.0277 e. The fraction of sp³-hybridized carbons (Fsp3) is 1.00. The van der Waals surface area contributed by atoms with Crippen molar-refractivity contribution in [3.63, 3.8) is 0 Å². The monoisotopic (exact) mass is 1180 g/mol. The molecule has 4 atom stereocenters. The van der Waals surface area contributed by atoms with Crippen molar-refractivity contribution >= 4 is 0 Å². The standard InChI is InChI=1S/C13H24.2C11H22.C9H16.2C8H14.2C8H16.C5H10.C4H8/c1-13(10-6-3-7-11-13)12-8-4-2-5-9-12;1-9-10(2,3)7-6-8-11(9,4)5;1-10(2,3)11(4)8-6-5-7-9-11;1-7-6-8-2-4-9(7)5-3-8;1-8-4-2-7(6-8)3-5-8;1-6-4-7-2-3-8(6)5-7;1-7(2,3)8(4)5-6-8;1-8(2)6-4-3-5-7-8;1-5(2)3-4-5;1-4-2-3-4/h12H,2-11H2,1H3;9H,6-8H2,1-5H3;5-9H2,1-4H3;7-9H,2-6H2,1H3;7H,2-6H2,1H3;6-8H,2-5H2,1H3;5-6H2,1-4H3;3-7H2,1-2H3;3-4H2,1-2H3;4H,2-3H2,1H3. The number of fused-ring (bicyclic) bond motifs is 7. The lowest BCUT2D eigenvalue weighted by Gasteiger charge is -2.47. The van der Waals surface area contributed by atoms with Gasteiger partial charge in [-0.3, -0.25) is 0 Å². The van der Waals surface area contributed by atoms with Crippen molar-refractivity contribution in [2.75, 3.05) is 0 Å². The van der Waals surface area contributed by atoms with E-state index in [1.165, 1.54) is 212 Å². The summed E-state index contributed by atoms with van der Waals surface area (Å²) in [5.74, 6) is 10.9. The minimum Gasteiger partial charge on any atom is -0.0625 e. The van der Waals surface area contributed by atoms with Crippen LogP contribution in [0.5, 0.6) is 0 Å². The van der Waals surface area contributed by atoms with Gasteiger partial charge in [-0.2, -0.15) is 0 Å². The van der Waals surface area contributed by atoms with Gasteiger partial charge in [-0.25, -0.2) is 0 Å². The van der Waals surface area contributed by atoms with Crippen molar-refractivity contribution in [1.82, 2.24) is 0 Å². The van der Waals surface area contributed by atoms with Crippen LogP contribution in [0.25, 0.3) is 0 Å². The molecular formula is C85H162. The molecular weight excluding hydrogens is 1020 g/mol. The molecule has 6 bridgehead atoms. The van der Waals surface area contributed by atoms with Crippen molar-refractivity contribution in [3.05, 3.63) is 0 Å². The Bertz CT molecular complexity index is 1760. The van der Waals surface area contributed by atoms with E-state index >= 15 is 0 Å². The van der Waals surface area contributed by atoms with E-state index in [-0.39, 0.29) is 0 Å². The van der Waals surface area contributed by atoms with E-state index in [4.69, 9.17) is 0 Å². The summed E-state index contributed by atoms with van der Waals surface area (Å²) < 4.78 is 0. The number of rotatable bonds is 1. The summed E-state index contributed by atoms with van der Waals surface area (Å²) >= 11 is 0. The van der Waals surface area contributed by atoms with E-state index in [9.17, 15) is 0 Å². The van der Waals surface area contributed by atoms with E-state index in [0.717, 1.165) is 75.4 Å². The molecule has 0 heterocycles. The van der Waals surface area contributed by atoms with Gasteiger partial charge >= 0.3 is 0 Å². The first-order chi connectivity index (χ1) is 39.4. The van der Waals surface area contributed by atoms with Crippen LogP contribution in [-0.4, -0.2) is 0 Å². The van der Waals surface area contributed by atoms with Crippen LogP contribution < -0.4 is 0 Å². The highest BCUT2D eigenvalue weighted by molar-refractivity contribution is 4.98. The molecule has 0 nitrogen and oxygen atoms in total. The lowest BCUT2D eigenvalue weighted by atomic mass is 9.58. The lowest BCUT2D eigenvalue weighted by molar-refractivity contribution is 0.0286. The highest BCUT2D eigenvalue weighted by Crippen LogP contribution is 2.58. The summed E-state index contributed by atoms with van der Waals surface area (Å²) in [6.45, 7) is 52.6. The second-order valence-electron chi connectivity index (χ2n) is 40.5. The Labute approximate surface area is 538 Å². The Kier molecular flexibility index (Phi) is 29.1. The van der Waals surface area contributed by atoms with Crippen LogP contribution in [0.3, 0.4) is 0 Å². The second kappa shape index (κ2) is 32.7. The summed E-state index contributed by atoms with van der Waals surface area (Å²) in [5, 5.41) is 0. The Morgan fingerprint density at radius 3 is 0.894 bits per heavy atom. The fourth-order valence-corrected chi connectivity index (χ4v) is 18.8. The average molecular weight is 1180 g/mol. The van der Waals surface area contributed by atoms with Gasteiger partial charge in [-0.15, -0.1) is 0 Å². The van der Waals surface area contributed by atoms with Crippen molar-refractivity contribution in [1.29, 1.82) is 0 Å². The summed E-state index contributed by atoms with van der Waals surface area (Å²) in [7, 11) is 0. The normalized spacial score (nSPS) is 35.0. The molecule has 15 fully saturated rings. The number of hydrogen-bond acceptors (Lipinski definition) is 0. The summed E-state index contributed by atoms with van der Waals surface area (Å²) in [5.41, 5.74) is 6.49. The van der Waals surface area contributed by atoms with E-state index in [2.05, 4.69) is 152 Å². The minimum absolute atomic E-state index is 0.507. The third kappa shape index (κ3) is 26.1. The van der Waals surface area contributed by atoms with Gasteiger partial charge in [0.05, 0.1) is 0 Å². The van der Waals surface area contributed by atoms with Gasteiger partial charge in [0.25, 0.3) is 0 Å². The van der Waals surface area contributed by atoms with Gasteiger partial charge in [0.2, 0.25) is 0 Å². The van der Waals surface area contributed by atoms with Crippen LogP contribution in [0.15, 0.2) is 0 Å². The van der Waals surface area contributed by atoms with Crippen molar-refractivity contribution in [2.45, 2.75) is 428 Å². The Hall–Kier alpha value is 0. The molecule has 0 aromatic carbocycles. The summed E-state index contributed by atoms with van der Waals surface area (Å²) in [4.78, 5) is 0. The Morgan fingerprint density at radius 1 is 0.294 bits per heavy atom. The molecule has 502 valence electrons. The molecule has 0 aliphatic heterocycles. The van der Waals surface area contributed by atoms with Crippen molar-refractivity contribution in [2.24, 2.45) is 113 Å². The van der Waals surface area contributed by atoms with E-state index in [1.54, 1.807) is 64.2 Å². The predicted molar refractivity (Wildman–Crippen MR) is 383 cm³/mol. The quantitative estimate of drug-likeness (QED) is 0.245. The predicted octanol–water partition coefficient (Wildman–Crippen LogP) is 29.3. The van der Waals surface area contributed by atoms with Gasteiger partial charge in [0.1, 0.15) is 0 Å². The van der Waals surface area contributed by atoms with Crippen LogP contribution in [0, 0.1) is 113 Å². The van der Waals surface area contributed by atoms with Crippen LogP contribution in [0.4, 0.5) is 0 Å². The maximum absolute atomic E-state index is 2.57. The van der Waals surface area contributed by atoms with Crippen LogP contribution in [0.1, 0.15) is 428 Å². The maximum atomic E-state index is 2.57. The zero-order valence-electron chi connectivity index (χ0n) is 63.2. The molecule has 15 rings (SSSR count). The zero-order chi connectivity index (χ0) is 63.2. The Morgan fingerprint density at radius 2 is 0.671 bits per heavy atom. The molecule has 15 saturated carbocycles. The molecule has 0 heteroatoms. The molecule has 15 aliphatic carbocycles. The van der Waals surface area contributed by atoms with Gasteiger partial charge in [0.15, 0.2) is 0 Å². The molecule has 0 radical (unpaired) electrons. The summed E-state index contributed by atoms with van der Waals surface area (Å²) in [6.07, 6.45) is 64.4. The fourth-order valence-electron chi connectivity index (χ4n) is 18.8.